The Morgan fingerprint density at radius 3 is 2.80 bits per heavy atom. The Kier molecular flexibility index (Phi) is 4.25. The number of halogens is 2. The lowest BCUT2D eigenvalue weighted by atomic mass is 10.1. The molecule has 2 aromatic rings. The molecule has 1 amide bonds. The van der Waals surface area contributed by atoms with Gasteiger partial charge in [-0.1, -0.05) is 17.7 Å². The molecule has 2 N–H and O–H groups in total. The van der Waals surface area contributed by atoms with Crippen molar-refractivity contribution in [3.8, 4) is 0 Å². The van der Waals surface area contributed by atoms with E-state index in [-0.39, 0.29) is 12.1 Å². The molecule has 7 heteroatoms. The fourth-order valence-corrected chi connectivity index (χ4v) is 2.24. The summed E-state index contributed by atoms with van der Waals surface area (Å²) in [6, 6.07) is 4.73. The number of nitrogens with two attached hydrogens (primary N) is 1. The number of rotatable bonds is 3. The van der Waals surface area contributed by atoms with Crippen LogP contribution in [-0.4, -0.2) is 15.5 Å². The third-order valence-corrected chi connectivity index (χ3v) is 4.10. The van der Waals surface area contributed by atoms with Crippen molar-refractivity contribution in [1.82, 2.24) is 9.55 Å². The molecule has 1 heterocycles. The number of nitrogens with zero attached hydrogens (tertiary/aromatic N) is 2. The van der Waals surface area contributed by atoms with Crippen LogP contribution in [0, 0.1) is 6.92 Å². The second-order valence-corrected chi connectivity index (χ2v) is 5.45. The highest BCUT2D eigenvalue weighted by molar-refractivity contribution is 9.10. The summed E-state index contributed by atoms with van der Waals surface area (Å²) in [4.78, 5) is 27.2. The Bertz CT molecular complexity index is 743. The largest absolute Gasteiger partial charge is 0.366 e. The van der Waals surface area contributed by atoms with Gasteiger partial charge < -0.3 is 5.73 Å². The lowest BCUT2D eigenvalue weighted by Crippen LogP contribution is -2.23. The standard InChI is InChI=1S/C13H11BrClN3O2/c1-7-11(14)13(20)18(6-17-7)5-9-3-2-8(12(16)19)4-10(9)15/h2-4,6H,5H2,1H3,(H2,16,19). The molecule has 0 atom stereocenters. The maximum Gasteiger partial charge on any atom is 0.268 e. The van der Waals surface area contributed by atoms with E-state index < -0.39 is 5.91 Å². The fraction of sp³-hybridized carbons (Fsp3) is 0.154. The second-order valence-electron chi connectivity index (χ2n) is 4.25. The molecule has 0 unspecified atom stereocenters. The van der Waals surface area contributed by atoms with Gasteiger partial charge in [-0.2, -0.15) is 0 Å². The smallest absolute Gasteiger partial charge is 0.268 e. The van der Waals surface area contributed by atoms with Crippen molar-refractivity contribution in [2.24, 2.45) is 5.73 Å². The number of carbonyl (C=O) groups is 1. The van der Waals surface area contributed by atoms with Crippen molar-refractivity contribution in [1.29, 1.82) is 0 Å². The quantitative estimate of drug-likeness (QED) is 0.915. The summed E-state index contributed by atoms with van der Waals surface area (Å²) in [6.07, 6.45) is 1.46. The molecule has 1 aromatic carbocycles. The first-order valence-corrected chi connectivity index (χ1v) is 6.87. The molecule has 2 rings (SSSR count). The average molecular weight is 357 g/mol. The maximum atomic E-state index is 12.0. The van der Waals surface area contributed by atoms with Gasteiger partial charge in [0, 0.05) is 10.6 Å². The SMILES string of the molecule is Cc1ncn(Cc2ccc(C(N)=O)cc2Cl)c(=O)c1Br. The van der Waals surface area contributed by atoms with Crippen LogP contribution < -0.4 is 11.3 Å². The summed E-state index contributed by atoms with van der Waals surface area (Å²) in [7, 11) is 0. The normalized spacial score (nSPS) is 10.6. The molecule has 1 aromatic heterocycles. The Labute approximate surface area is 128 Å². The zero-order valence-electron chi connectivity index (χ0n) is 10.6. The van der Waals surface area contributed by atoms with Crippen molar-refractivity contribution >= 4 is 33.4 Å². The van der Waals surface area contributed by atoms with E-state index in [1.165, 1.54) is 17.0 Å². The molecular weight excluding hydrogens is 346 g/mol. The highest BCUT2D eigenvalue weighted by atomic mass is 79.9. The summed E-state index contributed by atoms with van der Waals surface area (Å²) in [5.41, 5.74) is 6.65. The molecule has 0 saturated carbocycles. The molecule has 20 heavy (non-hydrogen) atoms. The van der Waals surface area contributed by atoms with Crippen LogP contribution in [0.25, 0.3) is 0 Å². The molecule has 0 saturated heterocycles. The van der Waals surface area contributed by atoms with Crippen LogP contribution in [0.1, 0.15) is 21.6 Å². The number of aromatic nitrogens is 2. The van der Waals surface area contributed by atoms with Gasteiger partial charge in [-0.15, -0.1) is 0 Å². The van der Waals surface area contributed by atoms with E-state index in [2.05, 4.69) is 20.9 Å². The summed E-state index contributed by atoms with van der Waals surface area (Å²) in [5.74, 6) is -0.546. The number of carbonyl (C=O) groups excluding carboxylic acids is 1. The minimum Gasteiger partial charge on any atom is -0.366 e. The molecule has 0 radical (unpaired) electrons. The van der Waals surface area contributed by atoms with Gasteiger partial charge in [-0.05, 0) is 40.5 Å². The first kappa shape index (κ1) is 14.7. The van der Waals surface area contributed by atoms with E-state index in [0.29, 0.717) is 26.3 Å². The van der Waals surface area contributed by atoms with Crippen molar-refractivity contribution in [3.63, 3.8) is 0 Å². The summed E-state index contributed by atoms with van der Waals surface area (Å²) in [6.45, 7) is 2.01. The summed E-state index contributed by atoms with van der Waals surface area (Å²) >= 11 is 9.29. The van der Waals surface area contributed by atoms with Crippen LogP contribution in [0.3, 0.4) is 0 Å². The first-order valence-electron chi connectivity index (χ1n) is 5.70. The van der Waals surface area contributed by atoms with Crippen LogP contribution in [0.15, 0.2) is 33.8 Å². The van der Waals surface area contributed by atoms with E-state index in [0.717, 1.165) is 0 Å². The Morgan fingerprint density at radius 2 is 2.20 bits per heavy atom. The number of aryl methyl sites for hydroxylation is 1. The number of hydrogen-bond acceptors (Lipinski definition) is 3. The highest BCUT2D eigenvalue weighted by Gasteiger charge is 2.09. The number of amides is 1. The predicted molar refractivity (Wildman–Crippen MR) is 80.0 cm³/mol. The van der Waals surface area contributed by atoms with Crippen molar-refractivity contribution < 1.29 is 4.79 Å². The van der Waals surface area contributed by atoms with Crippen molar-refractivity contribution in [2.45, 2.75) is 13.5 Å². The van der Waals surface area contributed by atoms with E-state index in [9.17, 15) is 9.59 Å². The van der Waals surface area contributed by atoms with Crippen LogP contribution in [0.2, 0.25) is 5.02 Å². The molecule has 0 fully saturated rings. The third kappa shape index (κ3) is 2.91. The van der Waals surface area contributed by atoms with Gasteiger partial charge in [-0.3, -0.25) is 14.2 Å². The average Bonchev–Trinajstić information content (AvgIpc) is 2.41. The van der Waals surface area contributed by atoms with E-state index in [4.69, 9.17) is 17.3 Å². The molecule has 0 aliphatic carbocycles. The van der Waals surface area contributed by atoms with E-state index in [1.807, 2.05) is 0 Å². The lowest BCUT2D eigenvalue weighted by molar-refractivity contribution is 0.100. The number of primary amides is 1. The highest BCUT2D eigenvalue weighted by Crippen LogP contribution is 2.19. The summed E-state index contributed by atoms with van der Waals surface area (Å²) < 4.78 is 1.85. The van der Waals surface area contributed by atoms with Gasteiger partial charge in [0.15, 0.2) is 0 Å². The van der Waals surface area contributed by atoms with Gasteiger partial charge >= 0.3 is 0 Å². The molecule has 0 bridgehead atoms. The minimum absolute atomic E-state index is 0.187. The molecule has 104 valence electrons. The molecule has 0 spiro atoms. The monoisotopic (exact) mass is 355 g/mol. The lowest BCUT2D eigenvalue weighted by Gasteiger charge is -2.09. The zero-order chi connectivity index (χ0) is 14.9. The van der Waals surface area contributed by atoms with Gasteiger partial charge in [0.2, 0.25) is 5.91 Å². The first-order chi connectivity index (χ1) is 9.40. The van der Waals surface area contributed by atoms with Crippen LogP contribution in [0.4, 0.5) is 0 Å². The Morgan fingerprint density at radius 1 is 1.50 bits per heavy atom. The van der Waals surface area contributed by atoms with Crippen LogP contribution in [-0.2, 0) is 6.54 Å². The second kappa shape index (κ2) is 5.76. The minimum atomic E-state index is -0.546. The van der Waals surface area contributed by atoms with Gasteiger partial charge in [-0.25, -0.2) is 4.98 Å². The Balaban J connectivity index is 2.38. The van der Waals surface area contributed by atoms with Crippen LogP contribution in [0.5, 0.6) is 0 Å². The van der Waals surface area contributed by atoms with Gasteiger partial charge in [0.05, 0.1) is 18.6 Å². The summed E-state index contributed by atoms with van der Waals surface area (Å²) in [5, 5.41) is 0.380. The number of hydrogen-bond donors (Lipinski definition) is 1. The van der Waals surface area contributed by atoms with Crippen molar-refractivity contribution in [2.75, 3.05) is 0 Å². The van der Waals surface area contributed by atoms with Gasteiger partial charge in [0.1, 0.15) is 4.47 Å². The maximum absolute atomic E-state index is 12.0. The fourth-order valence-electron chi connectivity index (χ4n) is 1.67. The predicted octanol–water partition coefficient (Wildman–Crippen LogP) is 2.11. The van der Waals surface area contributed by atoms with Crippen molar-refractivity contribution in [3.05, 3.63) is 61.2 Å². The van der Waals surface area contributed by atoms with E-state index >= 15 is 0 Å². The topological polar surface area (TPSA) is 78.0 Å². The molecule has 0 aliphatic heterocycles. The molecule has 0 aliphatic rings. The molecular formula is C13H11BrClN3O2. The Hall–Kier alpha value is -1.66. The van der Waals surface area contributed by atoms with E-state index in [1.54, 1.807) is 19.1 Å². The number of benzene rings is 1. The molecule has 5 nitrogen and oxygen atoms in total. The van der Waals surface area contributed by atoms with Crippen LogP contribution >= 0.6 is 27.5 Å². The zero-order valence-corrected chi connectivity index (χ0v) is 12.9. The third-order valence-electron chi connectivity index (χ3n) is 2.84. The van der Waals surface area contributed by atoms with Gasteiger partial charge in [0.25, 0.3) is 5.56 Å².